The van der Waals surface area contributed by atoms with E-state index < -0.39 is 6.10 Å². The van der Waals surface area contributed by atoms with Crippen molar-refractivity contribution in [3.63, 3.8) is 0 Å². The van der Waals surface area contributed by atoms with Crippen molar-refractivity contribution in [2.24, 2.45) is 5.16 Å². The minimum atomic E-state index is -0.765. The average molecular weight is 394 g/mol. The number of amides is 1. The Labute approximate surface area is 164 Å². The van der Waals surface area contributed by atoms with Gasteiger partial charge in [-0.15, -0.1) is 0 Å². The van der Waals surface area contributed by atoms with E-state index in [0.29, 0.717) is 22.0 Å². The van der Waals surface area contributed by atoms with Crippen molar-refractivity contribution in [1.82, 2.24) is 9.97 Å². The van der Waals surface area contributed by atoms with Crippen LogP contribution in [-0.4, -0.2) is 27.7 Å². The summed E-state index contributed by atoms with van der Waals surface area (Å²) in [6.07, 6.45) is 2.83. The molecule has 0 spiro atoms. The normalized spacial score (nSPS) is 15.6. The van der Waals surface area contributed by atoms with Gasteiger partial charge >= 0.3 is 0 Å². The summed E-state index contributed by atoms with van der Waals surface area (Å²) in [7, 11) is 0. The highest BCUT2D eigenvalue weighted by atomic mass is 32.2. The van der Waals surface area contributed by atoms with Crippen molar-refractivity contribution >= 4 is 29.1 Å². The molecule has 1 amide bonds. The van der Waals surface area contributed by atoms with Crippen LogP contribution in [0.1, 0.15) is 12.0 Å². The fourth-order valence-electron chi connectivity index (χ4n) is 2.64. The maximum absolute atomic E-state index is 13.4. The Kier molecular flexibility index (Phi) is 5.29. The van der Waals surface area contributed by atoms with E-state index in [4.69, 9.17) is 4.84 Å². The van der Waals surface area contributed by atoms with Crippen LogP contribution in [0, 0.1) is 5.82 Å². The number of carbonyl (C=O) groups is 1. The monoisotopic (exact) mass is 394 g/mol. The summed E-state index contributed by atoms with van der Waals surface area (Å²) in [4.78, 5) is 26.3. The molecule has 3 aromatic rings. The van der Waals surface area contributed by atoms with Gasteiger partial charge in [-0.2, -0.15) is 0 Å². The molecule has 1 aromatic carbocycles. The largest absolute Gasteiger partial charge is 0.382 e. The third kappa shape index (κ3) is 4.34. The lowest BCUT2D eigenvalue weighted by molar-refractivity contribution is -0.125. The number of nitrogens with zero attached hydrogens (tertiary/aromatic N) is 3. The van der Waals surface area contributed by atoms with Crippen LogP contribution in [0.3, 0.4) is 0 Å². The molecular weight excluding hydrogens is 379 g/mol. The molecule has 0 bridgehead atoms. The Morgan fingerprint density at radius 1 is 1.07 bits per heavy atom. The van der Waals surface area contributed by atoms with Gasteiger partial charge in [-0.3, -0.25) is 4.79 Å². The number of anilines is 1. The van der Waals surface area contributed by atoms with Crippen LogP contribution in [0.5, 0.6) is 0 Å². The second kappa shape index (κ2) is 8.18. The van der Waals surface area contributed by atoms with Gasteiger partial charge in [0.2, 0.25) is 6.10 Å². The zero-order valence-corrected chi connectivity index (χ0v) is 15.4. The molecule has 0 saturated carbocycles. The fraction of sp³-hybridized carbons (Fsp3) is 0.100. The molecular formula is C20H15FN4O2S. The first-order valence-corrected chi connectivity index (χ1v) is 9.33. The SMILES string of the molecule is O=C(Nc1ccnc(Sc2ccccn2)c1)[C@@H]1CC(c2cccc(F)c2)=NO1. The van der Waals surface area contributed by atoms with Crippen LogP contribution in [0.4, 0.5) is 10.1 Å². The number of nitrogens with one attached hydrogen (secondary N) is 1. The van der Waals surface area contributed by atoms with E-state index in [1.165, 1.54) is 23.9 Å². The van der Waals surface area contributed by atoms with Crippen LogP contribution in [0.25, 0.3) is 0 Å². The van der Waals surface area contributed by atoms with Gasteiger partial charge in [0.05, 0.1) is 5.71 Å². The molecule has 0 radical (unpaired) electrons. The molecule has 1 atom stereocenters. The minimum Gasteiger partial charge on any atom is -0.382 e. The number of hydrogen-bond donors (Lipinski definition) is 1. The molecule has 0 fully saturated rings. The number of benzene rings is 1. The number of hydrogen-bond acceptors (Lipinski definition) is 6. The van der Waals surface area contributed by atoms with Gasteiger partial charge in [-0.05, 0) is 36.4 Å². The predicted molar refractivity (Wildman–Crippen MR) is 104 cm³/mol. The molecule has 2 aromatic heterocycles. The number of carbonyl (C=O) groups excluding carboxylic acids is 1. The average Bonchev–Trinajstić information content (AvgIpc) is 3.20. The van der Waals surface area contributed by atoms with Crippen molar-refractivity contribution in [2.75, 3.05) is 5.32 Å². The number of aromatic nitrogens is 2. The quantitative estimate of drug-likeness (QED) is 0.710. The summed E-state index contributed by atoms with van der Waals surface area (Å²) in [5.41, 5.74) is 1.75. The maximum Gasteiger partial charge on any atom is 0.268 e. The molecule has 28 heavy (non-hydrogen) atoms. The summed E-state index contributed by atoms with van der Waals surface area (Å²) in [5.74, 6) is -0.682. The van der Waals surface area contributed by atoms with Crippen molar-refractivity contribution in [1.29, 1.82) is 0 Å². The van der Waals surface area contributed by atoms with Gasteiger partial charge in [0.15, 0.2) is 0 Å². The Morgan fingerprint density at radius 2 is 1.96 bits per heavy atom. The highest BCUT2D eigenvalue weighted by Gasteiger charge is 2.29. The van der Waals surface area contributed by atoms with Gasteiger partial charge in [0, 0.05) is 30.1 Å². The predicted octanol–water partition coefficient (Wildman–Crippen LogP) is 3.90. The zero-order chi connectivity index (χ0) is 19.3. The molecule has 1 N–H and O–H groups in total. The molecule has 0 aliphatic carbocycles. The van der Waals surface area contributed by atoms with Gasteiger partial charge in [-0.25, -0.2) is 14.4 Å². The van der Waals surface area contributed by atoms with Gasteiger partial charge in [0.1, 0.15) is 15.9 Å². The topological polar surface area (TPSA) is 76.5 Å². The third-order valence-electron chi connectivity index (χ3n) is 3.97. The van der Waals surface area contributed by atoms with Crippen molar-refractivity contribution in [2.45, 2.75) is 22.6 Å². The van der Waals surface area contributed by atoms with Crippen LogP contribution < -0.4 is 5.32 Å². The fourth-order valence-corrected chi connectivity index (χ4v) is 3.41. The number of oxime groups is 1. The van der Waals surface area contributed by atoms with E-state index in [-0.39, 0.29) is 18.1 Å². The molecule has 6 nitrogen and oxygen atoms in total. The second-order valence-corrected chi connectivity index (χ2v) is 7.03. The molecule has 3 heterocycles. The first kappa shape index (κ1) is 18.1. The highest BCUT2D eigenvalue weighted by Crippen LogP contribution is 2.26. The third-order valence-corrected chi connectivity index (χ3v) is 4.85. The summed E-state index contributed by atoms with van der Waals surface area (Å²) in [6.45, 7) is 0. The molecule has 0 saturated heterocycles. The molecule has 0 unspecified atom stereocenters. The molecule has 1 aliphatic rings. The number of halogens is 1. The molecule has 8 heteroatoms. The van der Waals surface area contributed by atoms with Crippen LogP contribution in [0.15, 0.2) is 82.2 Å². The summed E-state index contributed by atoms with van der Waals surface area (Å²) < 4.78 is 13.4. The number of pyridine rings is 2. The van der Waals surface area contributed by atoms with Crippen LogP contribution in [0.2, 0.25) is 0 Å². The van der Waals surface area contributed by atoms with Crippen LogP contribution in [-0.2, 0) is 9.63 Å². The lowest BCUT2D eigenvalue weighted by Crippen LogP contribution is -2.28. The van der Waals surface area contributed by atoms with Gasteiger partial charge < -0.3 is 10.2 Å². The summed E-state index contributed by atoms with van der Waals surface area (Å²) in [6, 6.07) is 15.1. The first-order chi connectivity index (χ1) is 13.7. The first-order valence-electron chi connectivity index (χ1n) is 8.52. The molecule has 140 valence electrons. The molecule has 1 aliphatic heterocycles. The Bertz CT molecular complexity index is 1030. The lowest BCUT2D eigenvalue weighted by Gasteiger charge is -2.10. The summed E-state index contributed by atoms with van der Waals surface area (Å²) in [5, 5.41) is 8.26. The number of rotatable bonds is 5. The molecule has 4 rings (SSSR count). The van der Waals surface area contributed by atoms with E-state index in [2.05, 4.69) is 20.4 Å². The zero-order valence-electron chi connectivity index (χ0n) is 14.6. The van der Waals surface area contributed by atoms with Crippen LogP contribution >= 0.6 is 11.8 Å². The van der Waals surface area contributed by atoms with E-state index in [9.17, 15) is 9.18 Å². The van der Waals surface area contributed by atoms with Crippen molar-refractivity contribution in [3.05, 3.63) is 78.4 Å². The van der Waals surface area contributed by atoms with Gasteiger partial charge in [0.25, 0.3) is 5.91 Å². The Morgan fingerprint density at radius 3 is 2.79 bits per heavy atom. The summed E-state index contributed by atoms with van der Waals surface area (Å²) >= 11 is 1.40. The second-order valence-electron chi connectivity index (χ2n) is 5.99. The standard InChI is InChI=1S/C20H15FN4O2S/c21-14-5-3-4-13(10-14)16-12-17(27-25-16)20(26)24-15-7-9-23-19(11-15)28-18-6-1-2-8-22-18/h1-11,17H,12H2,(H,23,24,26)/t17-/m0/s1. The van der Waals surface area contributed by atoms with Crippen molar-refractivity contribution in [3.8, 4) is 0 Å². The Balaban J connectivity index is 1.39. The van der Waals surface area contributed by atoms with E-state index in [1.807, 2.05) is 18.2 Å². The Hall–Kier alpha value is -3.26. The maximum atomic E-state index is 13.4. The smallest absolute Gasteiger partial charge is 0.268 e. The van der Waals surface area contributed by atoms with Gasteiger partial charge in [-0.1, -0.05) is 35.1 Å². The lowest BCUT2D eigenvalue weighted by atomic mass is 10.0. The van der Waals surface area contributed by atoms with Crippen molar-refractivity contribution < 1.29 is 14.0 Å². The minimum absolute atomic E-state index is 0.274. The van der Waals surface area contributed by atoms with E-state index >= 15 is 0 Å². The highest BCUT2D eigenvalue weighted by molar-refractivity contribution is 7.99. The van der Waals surface area contributed by atoms with E-state index in [0.717, 1.165) is 5.03 Å². The van der Waals surface area contributed by atoms with E-state index in [1.54, 1.807) is 36.7 Å².